The van der Waals surface area contributed by atoms with Gasteiger partial charge in [-0.2, -0.15) is 0 Å². The zero-order valence-electron chi connectivity index (χ0n) is 17.1. The van der Waals surface area contributed by atoms with Gasteiger partial charge in [0.25, 0.3) is 0 Å². The molecule has 1 heterocycles. The van der Waals surface area contributed by atoms with Crippen LogP contribution in [-0.2, 0) is 9.53 Å². The maximum atomic E-state index is 12.7. The van der Waals surface area contributed by atoms with Gasteiger partial charge in [0.05, 0.1) is 46.2 Å². The third-order valence-electron chi connectivity index (χ3n) is 4.83. The largest absolute Gasteiger partial charge is 0.502 e. The minimum atomic E-state index is -0.885. The molecule has 1 N–H and O–H groups in total. The zero-order valence-corrected chi connectivity index (χ0v) is 17.1. The lowest BCUT2D eigenvalue weighted by atomic mass is 9.90. The molecule has 8 nitrogen and oxygen atoms in total. The van der Waals surface area contributed by atoms with E-state index in [1.54, 1.807) is 36.4 Å². The highest BCUT2D eigenvalue weighted by Crippen LogP contribution is 2.46. The Balaban J connectivity index is 2.31. The Kier molecular flexibility index (Phi) is 6.15. The number of methoxy groups -OCH3 is 4. The molecule has 3 rings (SSSR count). The van der Waals surface area contributed by atoms with E-state index in [1.807, 2.05) is 0 Å². The minimum Gasteiger partial charge on any atom is -0.502 e. The Morgan fingerprint density at radius 2 is 1.70 bits per heavy atom. The summed E-state index contributed by atoms with van der Waals surface area (Å²) < 4.78 is 26.9. The molecule has 0 aliphatic carbocycles. The van der Waals surface area contributed by atoms with Crippen LogP contribution in [0, 0.1) is 0 Å². The van der Waals surface area contributed by atoms with Crippen molar-refractivity contribution in [3.8, 4) is 23.0 Å². The number of benzene rings is 2. The first-order valence-corrected chi connectivity index (χ1v) is 9.07. The molecule has 0 fully saturated rings. The number of carbonyl (C=O) groups excluding carboxylic acids is 1. The summed E-state index contributed by atoms with van der Waals surface area (Å²) in [5, 5.41) is 10.9. The van der Waals surface area contributed by atoms with Crippen molar-refractivity contribution < 1.29 is 33.3 Å². The topological polar surface area (TPSA) is 104 Å². The van der Waals surface area contributed by atoms with E-state index < -0.39 is 23.1 Å². The second-order valence-electron chi connectivity index (χ2n) is 6.40. The van der Waals surface area contributed by atoms with E-state index in [0.717, 1.165) is 0 Å². The highest BCUT2D eigenvalue weighted by Gasteiger charge is 2.31. The molecule has 0 amide bonds. The normalized spacial score (nSPS) is 11.7. The van der Waals surface area contributed by atoms with Crippen LogP contribution in [0.2, 0.25) is 0 Å². The van der Waals surface area contributed by atoms with Crippen molar-refractivity contribution in [1.82, 2.24) is 0 Å². The molecule has 0 aliphatic rings. The van der Waals surface area contributed by atoms with E-state index in [9.17, 15) is 14.7 Å². The molecule has 0 spiro atoms. The summed E-state index contributed by atoms with van der Waals surface area (Å²) in [6, 6.07) is 9.83. The molecular weight excluding hydrogens is 392 g/mol. The van der Waals surface area contributed by atoms with Gasteiger partial charge in [-0.15, -0.1) is 0 Å². The van der Waals surface area contributed by atoms with Crippen molar-refractivity contribution >= 4 is 16.9 Å². The number of aromatic hydroxyl groups is 1. The number of fused-ring (bicyclic) bond motifs is 1. The molecule has 0 bridgehead atoms. The fourth-order valence-electron chi connectivity index (χ4n) is 3.38. The van der Waals surface area contributed by atoms with Gasteiger partial charge in [-0.25, -0.2) is 0 Å². The van der Waals surface area contributed by atoms with E-state index in [2.05, 4.69) is 0 Å². The molecule has 1 unspecified atom stereocenters. The molecule has 30 heavy (non-hydrogen) atoms. The van der Waals surface area contributed by atoms with E-state index in [-0.39, 0.29) is 28.9 Å². The lowest BCUT2D eigenvalue weighted by molar-refractivity contribution is -0.140. The maximum Gasteiger partial charge on any atom is 0.306 e. The number of hydrogen-bond acceptors (Lipinski definition) is 8. The molecule has 158 valence electrons. The van der Waals surface area contributed by atoms with E-state index in [4.69, 9.17) is 23.4 Å². The third kappa shape index (κ3) is 3.63. The van der Waals surface area contributed by atoms with Crippen LogP contribution in [0.25, 0.3) is 11.0 Å². The second kappa shape index (κ2) is 8.77. The first-order chi connectivity index (χ1) is 14.5. The molecule has 2 aromatic carbocycles. The van der Waals surface area contributed by atoms with Crippen LogP contribution < -0.4 is 19.6 Å². The summed E-state index contributed by atoms with van der Waals surface area (Å²) >= 11 is 0. The number of hydrogen-bond donors (Lipinski definition) is 1. The summed E-state index contributed by atoms with van der Waals surface area (Å²) in [6.07, 6.45) is -0.211. The van der Waals surface area contributed by atoms with Gasteiger partial charge < -0.3 is 28.5 Å². The standard InChI is InChI=1S/C22H22O8/c1-26-16-10-9-12(21(28-3)22(16)29-4)14(11-17(23)27-2)20-19(25)18(24)13-7-5-6-8-15(13)30-20/h5-10,14,25H,11H2,1-4H3. The lowest BCUT2D eigenvalue weighted by Gasteiger charge is -2.22. The Bertz CT molecular complexity index is 1130. The molecule has 0 aliphatic heterocycles. The van der Waals surface area contributed by atoms with Crippen LogP contribution in [0.3, 0.4) is 0 Å². The van der Waals surface area contributed by atoms with Crippen molar-refractivity contribution in [3.05, 3.63) is 57.9 Å². The monoisotopic (exact) mass is 414 g/mol. The van der Waals surface area contributed by atoms with Gasteiger partial charge in [-0.1, -0.05) is 18.2 Å². The number of ether oxygens (including phenoxy) is 4. The Morgan fingerprint density at radius 1 is 1.00 bits per heavy atom. The summed E-state index contributed by atoms with van der Waals surface area (Å²) in [4.78, 5) is 24.9. The number of rotatable bonds is 7. The van der Waals surface area contributed by atoms with Crippen molar-refractivity contribution in [2.24, 2.45) is 0 Å². The van der Waals surface area contributed by atoms with Gasteiger partial charge in [-0.05, 0) is 18.2 Å². The molecule has 8 heteroatoms. The van der Waals surface area contributed by atoms with Crippen LogP contribution >= 0.6 is 0 Å². The van der Waals surface area contributed by atoms with E-state index in [0.29, 0.717) is 17.1 Å². The highest BCUT2D eigenvalue weighted by molar-refractivity contribution is 5.79. The first-order valence-electron chi connectivity index (χ1n) is 9.07. The second-order valence-corrected chi connectivity index (χ2v) is 6.40. The molecule has 0 saturated heterocycles. The molecule has 0 saturated carbocycles. The fourth-order valence-corrected chi connectivity index (χ4v) is 3.38. The number of esters is 1. The highest BCUT2D eigenvalue weighted by atomic mass is 16.5. The molecule has 1 atom stereocenters. The van der Waals surface area contributed by atoms with Crippen LogP contribution in [0.1, 0.15) is 23.7 Å². The molecule has 1 aromatic heterocycles. The quantitative estimate of drug-likeness (QED) is 0.588. The van der Waals surface area contributed by atoms with Crippen molar-refractivity contribution in [1.29, 1.82) is 0 Å². The minimum absolute atomic E-state index is 0.0744. The van der Waals surface area contributed by atoms with E-state index >= 15 is 0 Å². The average molecular weight is 414 g/mol. The van der Waals surface area contributed by atoms with Crippen LogP contribution in [0.5, 0.6) is 23.0 Å². The predicted octanol–water partition coefficient (Wildman–Crippen LogP) is 3.22. The Labute approximate surface area is 172 Å². The Hall–Kier alpha value is -3.68. The number of carbonyl (C=O) groups is 1. The Morgan fingerprint density at radius 3 is 2.33 bits per heavy atom. The van der Waals surface area contributed by atoms with E-state index in [1.165, 1.54) is 28.4 Å². The summed E-state index contributed by atoms with van der Waals surface area (Å²) in [5.41, 5.74) is 0.139. The summed E-state index contributed by atoms with van der Waals surface area (Å²) in [5.74, 6) is -1.11. The summed E-state index contributed by atoms with van der Waals surface area (Å²) in [7, 11) is 5.62. The summed E-state index contributed by atoms with van der Waals surface area (Å²) in [6.45, 7) is 0. The number of para-hydroxylation sites is 1. The van der Waals surface area contributed by atoms with Gasteiger partial charge >= 0.3 is 5.97 Å². The molecule has 3 aromatic rings. The predicted molar refractivity (Wildman–Crippen MR) is 109 cm³/mol. The van der Waals surface area contributed by atoms with Crippen molar-refractivity contribution in [3.63, 3.8) is 0 Å². The molecule has 0 radical (unpaired) electrons. The van der Waals surface area contributed by atoms with Gasteiger partial charge in [0.1, 0.15) is 5.58 Å². The van der Waals surface area contributed by atoms with Crippen LogP contribution in [-0.4, -0.2) is 39.5 Å². The van der Waals surface area contributed by atoms with Crippen LogP contribution in [0.4, 0.5) is 0 Å². The SMILES string of the molecule is COC(=O)CC(c1ccc(OC)c(OC)c1OC)c1oc2ccccc2c(=O)c1O. The third-order valence-corrected chi connectivity index (χ3v) is 4.83. The average Bonchev–Trinajstić information content (AvgIpc) is 2.78. The lowest BCUT2D eigenvalue weighted by Crippen LogP contribution is -2.15. The van der Waals surface area contributed by atoms with Crippen molar-refractivity contribution in [2.75, 3.05) is 28.4 Å². The van der Waals surface area contributed by atoms with Gasteiger partial charge in [0, 0.05) is 5.56 Å². The van der Waals surface area contributed by atoms with Crippen LogP contribution in [0.15, 0.2) is 45.6 Å². The fraction of sp³-hybridized carbons (Fsp3) is 0.273. The van der Waals surface area contributed by atoms with Gasteiger partial charge in [-0.3, -0.25) is 9.59 Å². The van der Waals surface area contributed by atoms with Gasteiger partial charge in [0.2, 0.25) is 16.9 Å². The van der Waals surface area contributed by atoms with Crippen molar-refractivity contribution in [2.45, 2.75) is 12.3 Å². The van der Waals surface area contributed by atoms with Gasteiger partial charge in [0.15, 0.2) is 17.3 Å². The smallest absolute Gasteiger partial charge is 0.306 e. The first kappa shape index (κ1) is 21.0. The zero-order chi connectivity index (χ0) is 21.8. The maximum absolute atomic E-state index is 12.7. The molecular formula is C22H22O8.